The number of benzene rings is 2. The van der Waals surface area contributed by atoms with Crippen molar-refractivity contribution in [3.8, 4) is 0 Å². The van der Waals surface area contributed by atoms with Crippen LogP contribution >= 0.6 is 15.9 Å². The van der Waals surface area contributed by atoms with E-state index in [0.29, 0.717) is 11.3 Å². The van der Waals surface area contributed by atoms with Crippen molar-refractivity contribution in [3.05, 3.63) is 57.6 Å². The maximum atomic E-state index is 12.3. The van der Waals surface area contributed by atoms with E-state index >= 15 is 0 Å². The highest BCUT2D eigenvalue weighted by atomic mass is 79.9. The van der Waals surface area contributed by atoms with Gasteiger partial charge in [-0.1, -0.05) is 18.2 Å². The largest absolute Gasteiger partial charge is 0.398 e. The molecule has 0 spiro atoms. The van der Waals surface area contributed by atoms with E-state index in [9.17, 15) is 4.79 Å². The second-order valence-electron chi connectivity index (χ2n) is 4.48. The average Bonchev–Trinajstić information content (AvgIpc) is 2.32. The molecule has 0 fully saturated rings. The molecule has 19 heavy (non-hydrogen) atoms. The number of rotatable bonds is 2. The lowest BCUT2D eigenvalue weighted by atomic mass is 10.1. The first-order valence-electron chi connectivity index (χ1n) is 5.91. The molecule has 2 aromatic rings. The molecule has 0 heterocycles. The molecule has 3 N–H and O–H groups in total. The lowest BCUT2D eigenvalue weighted by Crippen LogP contribution is -2.15. The molecular formula is C15H15BrN2O. The van der Waals surface area contributed by atoms with Gasteiger partial charge in [0.2, 0.25) is 0 Å². The maximum Gasteiger partial charge on any atom is 0.258 e. The minimum atomic E-state index is -0.194. The third-order valence-electron chi connectivity index (χ3n) is 2.90. The normalized spacial score (nSPS) is 10.3. The lowest BCUT2D eigenvalue weighted by molar-refractivity contribution is 0.102. The second-order valence-corrected chi connectivity index (χ2v) is 5.33. The van der Waals surface area contributed by atoms with Gasteiger partial charge in [0.15, 0.2) is 0 Å². The molecule has 0 saturated heterocycles. The standard InChI is InChI=1S/C15H15BrN2O/c1-9-6-7-13(11(16)8-9)18-15(19)14-10(2)4-3-5-12(14)17/h3-8H,17H2,1-2H3,(H,18,19). The fourth-order valence-electron chi connectivity index (χ4n) is 1.91. The summed E-state index contributed by atoms with van der Waals surface area (Å²) in [5.41, 5.74) is 9.60. The van der Waals surface area contributed by atoms with Crippen molar-refractivity contribution in [2.24, 2.45) is 0 Å². The molecule has 2 aromatic carbocycles. The number of hydrogen-bond acceptors (Lipinski definition) is 2. The Hall–Kier alpha value is -1.81. The number of nitrogens with one attached hydrogen (secondary N) is 1. The Morgan fingerprint density at radius 3 is 2.58 bits per heavy atom. The van der Waals surface area contributed by atoms with Gasteiger partial charge >= 0.3 is 0 Å². The predicted molar refractivity (Wildman–Crippen MR) is 82.4 cm³/mol. The topological polar surface area (TPSA) is 55.1 Å². The third-order valence-corrected chi connectivity index (χ3v) is 3.56. The van der Waals surface area contributed by atoms with E-state index in [2.05, 4.69) is 21.2 Å². The smallest absolute Gasteiger partial charge is 0.258 e. The molecule has 0 unspecified atom stereocenters. The van der Waals surface area contributed by atoms with Crippen LogP contribution in [-0.2, 0) is 0 Å². The van der Waals surface area contributed by atoms with Crippen LogP contribution in [0, 0.1) is 13.8 Å². The number of hydrogen-bond donors (Lipinski definition) is 2. The quantitative estimate of drug-likeness (QED) is 0.825. The molecule has 0 aliphatic rings. The number of carbonyl (C=O) groups is 1. The van der Waals surface area contributed by atoms with Crippen molar-refractivity contribution in [2.45, 2.75) is 13.8 Å². The minimum absolute atomic E-state index is 0.194. The Morgan fingerprint density at radius 1 is 1.21 bits per heavy atom. The molecule has 0 aliphatic carbocycles. The van der Waals surface area contributed by atoms with Crippen molar-refractivity contribution < 1.29 is 4.79 Å². The number of aryl methyl sites for hydroxylation is 2. The highest BCUT2D eigenvalue weighted by Gasteiger charge is 2.13. The summed E-state index contributed by atoms with van der Waals surface area (Å²) in [7, 11) is 0. The summed E-state index contributed by atoms with van der Waals surface area (Å²) in [5, 5.41) is 2.87. The zero-order valence-electron chi connectivity index (χ0n) is 10.8. The lowest BCUT2D eigenvalue weighted by Gasteiger charge is -2.11. The molecular weight excluding hydrogens is 304 g/mol. The van der Waals surface area contributed by atoms with E-state index < -0.39 is 0 Å². The summed E-state index contributed by atoms with van der Waals surface area (Å²) in [4.78, 5) is 12.3. The van der Waals surface area contributed by atoms with Crippen molar-refractivity contribution in [3.63, 3.8) is 0 Å². The van der Waals surface area contributed by atoms with Crippen LogP contribution in [0.5, 0.6) is 0 Å². The van der Waals surface area contributed by atoms with Crippen LogP contribution in [0.25, 0.3) is 0 Å². The van der Waals surface area contributed by atoms with Gasteiger partial charge in [-0.3, -0.25) is 4.79 Å². The zero-order chi connectivity index (χ0) is 14.0. The molecule has 0 radical (unpaired) electrons. The summed E-state index contributed by atoms with van der Waals surface area (Å²) in [6.45, 7) is 3.87. The Morgan fingerprint density at radius 2 is 1.95 bits per heavy atom. The summed E-state index contributed by atoms with van der Waals surface area (Å²) in [6, 6.07) is 11.2. The number of carbonyl (C=O) groups excluding carboxylic acids is 1. The second kappa shape index (κ2) is 5.45. The fraction of sp³-hybridized carbons (Fsp3) is 0.133. The zero-order valence-corrected chi connectivity index (χ0v) is 12.4. The molecule has 2 rings (SSSR count). The van der Waals surface area contributed by atoms with Crippen LogP contribution < -0.4 is 11.1 Å². The number of amides is 1. The minimum Gasteiger partial charge on any atom is -0.398 e. The van der Waals surface area contributed by atoms with Gasteiger partial charge in [-0.05, 0) is 59.1 Å². The number of nitrogens with two attached hydrogens (primary N) is 1. The van der Waals surface area contributed by atoms with Gasteiger partial charge in [0.1, 0.15) is 0 Å². The van der Waals surface area contributed by atoms with Crippen molar-refractivity contribution in [1.29, 1.82) is 0 Å². The molecule has 3 nitrogen and oxygen atoms in total. The fourth-order valence-corrected chi connectivity index (χ4v) is 2.50. The van der Waals surface area contributed by atoms with Crippen LogP contribution in [0.15, 0.2) is 40.9 Å². The van der Waals surface area contributed by atoms with E-state index in [1.54, 1.807) is 6.07 Å². The molecule has 0 aliphatic heterocycles. The first-order valence-corrected chi connectivity index (χ1v) is 6.71. The van der Waals surface area contributed by atoms with E-state index in [1.165, 1.54) is 0 Å². The highest BCUT2D eigenvalue weighted by Crippen LogP contribution is 2.25. The monoisotopic (exact) mass is 318 g/mol. The van der Waals surface area contributed by atoms with Gasteiger partial charge in [0, 0.05) is 10.2 Å². The summed E-state index contributed by atoms with van der Waals surface area (Å²) in [5.74, 6) is -0.194. The van der Waals surface area contributed by atoms with Gasteiger partial charge in [0.05, 0.1) is 11.3 Å². The van der Waals surface area contributed by atoms with E-state index in [1.807, 2.05) is 44.2 Å². The van der Waals surface area contributed by atoms with Crippen molar-refractivity contribution >= 4 is 33.2 Å². The Bertz CT molecular complexity index is 618. The first-order chi connectivity index (χ1) is 8.99. The third kappa shape index (κ3) is 2.96. The van der Waals surface area contributed by atoms with Crippen LogP contribution in [0.2, 0.25) is 0 Å². The molecule has 0 bridgehead atoms. The van der Waals surface area contributed by atoms with E-state index in [-0.39, 0.29) is 5.91 Å². The maximum absolute atomic E-state index is 12.3. The van der Waals surface area contributed by atoms with Gasteiger partial charge in [-0.25, -0.2) is 0 Å². The predicted octanol–water partition coefficient (Wildman–Crippen LogP) is 3.90. The Labute approximate surface area is 121 Å². The van der Waals surface area contributed by atoms with Crippen molar-refractivity contribution in [1.82, 2.24) is 0 Å². The van der Waals surface area contributed by atoms with Crippen LogP contribution in [0.3, 0.4) is 0 Å². The number of halogens is 1. The first kappa shape index (κ1) is 13.6. The van der Waals surface area contributed by atoms with Crippen LogP contribution in [0.1, 0.15) is 21.5 Å². The molecule has 4 heteroatoms. The summed E-state index contributed by atoms with van der Waals surface area (Å²) >= 11 is 3.44. The van der Waals surface area contributed by atoms with Gasteiger partial charge < -0.3 is 11.1 Å². The summed E-state index contributed by atoms with van der Waals surface area (Å²) < 4.78 is 0.855. The number of anilines is 2. The SMILES string of the molecule is Cc1ccc(NC(=O)c2c(C)cccc2N)c(Br)c1. The Balaban J connectivity index is 2.31. The van der Waals surface area contributed by atoms with Gasteiger partial charge in [-0.15, -0.1) is 0 Å². The molecule has 0 aromatic heterocycles. The molecule has 98 valence electrons. The summed E-state index contributed by atoms with van der Waals surface area (Å²) in [6.07, 6.45) is 0. The van der Waals surface area contributed by atoms with Gasteiger partial charge in [-0.2, -0.15) is 0 Å². The van der Waals surface area contributed by atoms with Gasteiger partial charge in [0.25, 0.3) is 5.91 Å². The number of nitrogen functional groups attached to an aromatic ring is 1. The van der Waals surface area contributed by atoms with Crippen LogP contribution in [0.4, 0.5) is 11.4 Å². The van der Waals surface area contributed by atoms with Crippen LogP contribution in [-0.4, -0.2) is 5.91 Å². The average molecular weight is 319 g/mol. The Kier molecular flexibility index (Phi) is 3.90. The molecule has 0 saturated carbocycles. The molecule has 0 atom stereocenters. The molecule has 1 amide bonds. The van der Waals surface area contributed by atoms with E-state index in [4.69, 9.17) is 5.73 Å². The highest BCUT2D eigenvalue weighted by molar-refractivity contribution is 9.10. The van der Waals surface area contributed by atoms with E-state index in [0.717, 1.165) is 21.3 Å². The van der Waals surface area contributed by atoms with Crippen molar-refractivity contribution in [2.75, 3.05) is 11.1 Å².